The van der Waals surface area contributed by atoms with Crippen LogP contribution in [0.1, 0.15) is 11.1 Å². The van der Waals surface area contributed by atoms with E-state index < -0.39 is 0 Å². The van der Waals surface area contributed by atoms with E-state index in [1.807, 2.05) is 0 Å². The Hall–Kier alpha value is -2.05. The van der Waals surface area contributed by atoms with Gasteiger partial charge in [-0.2, -0.15) is 0 Å². The molecule has 2 N–H and O–H groups in total. The minimum Gasteiger partial charge on any atom is -0.493 e. The molecule has 0 heterocycles. The van der Waals surface area contributed by atoms with Crippen LogP contribution in [0.4, 0.5) is 0 Å². The molecular formula is C19H23BrN2O3. The van der Waals surface area contributed by atoms with E-state index in [4.69, 9.17) is 19.6 Å². The summed E-state index contributed by atoms with van der Waals surface area (Å²) in [5.41, 5.74) is 2.00. The van der Waals surface area contributed by atoms with E-state index in [1.165, 1.54) is 11.8 Å². The molecule has 0 amide bonds. The number of rotatable bonds is 10. The lowest BCUT2D eigenvalue weighted by molar-refractivity contribution is 0.274. The smallest absolute Gasteiger partial charge is 0.203 e. The fourth-order valence-corrected chi connectivity index (χ4v) is 2.62. The van der Waals surface area contributed by atoms with Crippen molar-refractivity contribution in [3.8, 4) is 17.2 Å². The van der Waals surface area contributed by atoms with Crippen LogP contribution in [0.2, 0.25) is 0 Å². The number of hydrogen-bond acceptors (Lipinski definition) is 5. The zero-order valence-electron chi connectivity index (χ0n) is 14.5. The predicted molar refractivity (Wildman–Crippen MR) is 104 cm³/mol. The molecule has 0 atom stereocenters. The molecule has 0 fully saturated rings. The van der Waals surface area contributed by atoms with Crippen LogP contribution < -0.4 is 19.5 Å². The Labute approximate surface area is 156 Å². The van der Waals surface area contributed by atoms with E-state index in [0.717, 1.165) is 24.0 Å². The molecule has 0 aliphatic carbocycles. The van der Waals surface area contributed by atoms with Gasteiger partial charge in [0, 0.05) is 17.2 Å². The summed E-state index contributed by atoms with van der Waals surface area (Å²) in [6.45, 7) is 2.10. The van der Waals surface area contributed by atoms with Crippen molar-refractivity contribution in [2.24, 2.45) is 0 Å². The van der Waals surface area contributed by atoms with E-state index in [-0.39, 0.29) is 0 Å². The zero-order chi connectivity index (χ0) is 18.1. The predicted octanol–water partition coefficient (Wildman–Crippen LogP) is 3.68. The summed E-state index contributed by atoms with van der Waals surface area (Å²) in [6.07, 6.45) is 2.21. The van der Waals surface area contributed by atoms with E-state index in [9.17, 15) is 0 Å². The van der Waals surface area contributed by atoms with E-state index in [1.54, 1.807) is 26.4 Å². The Kier molecular flexibility index (Phi) is 7.76. The van der Waals surface area contributed by atoms with Gasteiger partial charge in [0.25, 0.3) is 0 Å². The van der Waals surface area contributed by atoms with Gasteiger partial charge in [-0.25, -0.2) is 0 Å². The Morgan fingerprint density at radius 2 is 1.68 bits per heavy atom. The van der Waals surface area contributed by atoms with E-state index in [0.29, 0.717) is 29.4 Å². The molecule has 0 aliphatic rings. The first kappa shape index (κ1) is 19.3. The second-order valence-electron chi connectivity index (χ2n) is 5.37. The maximum atomic E-state index is 7.36. The molecule has 25 heavy (non-hydrogen) atoms. The van der Waals surface area contributed by atoms with Crippen LogP contribution >= 0.6 is 15.9 Å². The zero-order valence-corrected chi connectivity index (χ0v) is 16.1. The largest absolute Gasteiger partial charge is 0.493 e. The number of nitrogens with one attached hydrogen (secondary N) is 2. The minimum absolute atomic E-state index is 0.497. The first-order valence-corrected chi connectivity index (χ1v) is 8.81. The highest BCUT2D eigenvalue weighted by Gasteiger charge is 2.13. The van der Waals surface area contributed by atoms with Crippen LogP contribution in [-0.2, 0) is 6.42 Å². The summed E-state index contributed by atoms with van der Waals surface area (Å²) in [4.78, 5) is 0. The van der Waals surface area contributed by atoms with Crippen molar-refractivity contribution < 1.29 is 14.2 Å². The van der Waals surface area contributed by atoms with Gasteiger partial charge in [-0.05, 0) is 48.4 Å². The number of hydrogen-bond donors (Lipinski definition) is 2. The SMILES string of the molecule is COc1cc(C=N)cc(OC)c1OCCNCCc1ccc(Br)cc1. The van der Waals surface area contributed by atoms with Crippen molar-refractivity contribution in [2.45, 2.75) is 6.42 Å². The highest BCUT2D eigenvalue weighted by molar-refractivity contribution is 9.10. The van der Waals surface area contributed by atoms with Crippen LogP contribution in [0, 0.1) is 5.41 Å². The summed E-state index contributed by atoms with van der Waals surface area (Å²) < 4.78 is 17.6. The number of halogens is 1. The van der Waals surface area contributed by atoms with Crippen LogP contribution in [0.3, 0.4) is 0 Å². The van der Waals surface area contributed by atoms with Gasteiger partial charge in [-0.3, -0.25) is 0 Å². The highest BCUT2D eigenvalue weighted by Crippen LogP contribution is 2.38. The third kappa shape index (κ3) is 5.76. The Morgan fingerprint density at radius 1 is 1.04 bits per heavy atom. The standard InChI is InChI=1S/C19H23BrN2O3/c1-23-17-11-15(13-21)12-18(24-2)19(17)25-10-9-22-8-7-14-3-5-16(20)6-4-14/h3-6,11-13,21-22H,7-10H2,1-2H3. The normalized spacial score (nSPS) is 10.4. The Balaban J connectivity index is 1.81. The molecule has 5 nitrogen and oxygen atoms in total. The molecule has 2 rings (SSSR count). The first-order chi connectivity index (χ1) is 12.2. The fraction of sp³-hybridized carbons (Fsp3) is 0.316. The summed E-state index contributed by atoms with van der Waals surface area (Å²) in [5, 5.41) is 10.7. The second-order valence-corrected chi connectivity index (χ2v) is 6.29. The molecule has 0 aliphatic heterocycles. The number of ether oxygens (including phenoxy) is 3. The van der Waals surface area contributed by atoms with Crippen molar-refractivity contribution in [2.75, 3.05) is 33.9 Å². The lowest BCUT2D eigenvalue weighted by atomic mass is 10.1. The molecular weight excluding hydrogens is 384 g/mol. The lowest BCUT2D eigenvalue weighted by Crippen LogP contribution is -2.23. The third-order valence-electron chi connectivity index (χ3n) is 3.68. The van der Waals surface area contributed by atoms with Gasteiger partial charge in [0.05, 0.1) is 14.2 Å². The number of benzene rings is 2. The van der Waals surface area contributed by atoms with E-state index >= 15 is 0 Å². The van der Waals surface area contributed by atoms with Crippen molar-refractivity contribution >= 4 is 22.1 Å². The highest BCUT2D eigenvalue weighted by atomic mass is 79.9. The van der Waals surface area contributed by atoms with Crippen LogP contribution in [0.25, 0.3) is 0 Å². The lowest BCUT2D eigenvalue weighted by Gasteiger charge is -2.15. The van der Waals surface area contributed by atoms with Crippen molar-refractivity contribution in [3.05, 3.63) is 52.0 Å². The van der Waals surface area contributed by atoms with Gasteiger partial charge >= 0.3 is 0 Å². The summed E-state index contributed by atoms with van der Waals surface area (Å²) in [7, 11) is 3.15. The fourth-order valence-electron chi connectivity index (χ4n) is 2.36. The molecule has 0 radical (unpaired) electrons. The van der Waals surface area contributed by atoms with Crippen LogP contribution in [0.5, 0.6) is 17.2 Å². The van der Waals surface area contributed by atoms with Gasteiger partial charge < -0.3 is 24.9 Å². The average molecular weight is 407 g/mol. The van der Waals surface area contributed by atoms with Gasteiger partial charge in [0.15, 0.2) is 11.5 Å². The van der Waals surface area contributed by atoms with Gasteiger partial charge in [-0.1, -0.05) is 28.1 Å². The first-order valence-electron chi connectivity index (χ1n) is 8.02. The molecule has 0 saturated carbocycles. The molecule has 0 spiro atoms. The van der Waals surface area contributed by atoms with Gasteiger partial charge in [0.1, 0.15) is 6.61 Å². The van der Waals surface area contributed by atoms with E-state index in [2.05, 4.69) is 45.5 Å². The molecule has 0 aromatic heterocycles. The molecule has 134 valence electrons. The van der Waals surface area contributed by atoms with Crippen molar-refractivity contribution in [3.63, 3.8) is 0 Å². The molecule has 0 unspecified atom stereocenters. The van der Waals surface area contributed by atoms with Crippen molar-refractivity contribution in [1.82, 2.24) is 5.32 Å². The molecule has 2 aromatic carbocycles. The second kappa shape index (κ2) is 10.1. The molecule has 6 heteroatoms. The molecule has 0 bridgehead atoms. The van der Waals surface area contributed by atoms with Crippen LogP contribution in [-0.4, -0.2) is 40.1 Å². The summed E-state index contributed by atoms with van der Waals surface area (Å²) in [5.74, 6) is 1.69. The van der Waals surface area contributed by atoms with Crippen molar-refractivity contribution in [1.29, 1.82) is 5.41 Å². The van der Waals surface area contributed by atoms with Crippen LogP contribution in [0.15, 0.2) is 40.9 Å². The average Bonchev–Trinajstić information content (AvgIpc) is 2.65. The monoisotopic (exact) mass is 406 g/mol. The Bertz CT molecular complexity index is 665. The molecule has 0 saturated heterocycles. The van der Waals surface area contributed by atoms with Gasteiger partial charge in [0.2, 0.25) is 5.75 Å². The maximum Gasteiger partial charge on any atom is 0.203 e. The minimum atomic E-state index is 0.497. The summed E-state index contributed by atoms with van der Waals surface area (Å²) >= 11 is 3.44. The molecule has 2 aromatic rings. The quantitative estimate of drug-likeness (QED) is 0.466. The topological polar surface area (TPSA) is 63.6 Å². The van der Waals surface area contributed by atoms with Gasteiger partial charge in [-0.15, -0.1) is 0 Å². The third-order valence-corrected chi connectivity index (χ3v) is 4.21. The summed E-state index contributed by atoms with van der Waals surface area (Å²) in [6, 6.07) is 11.8. The Morgan fingerprint density at radius 3 is 2.24 bits per heavy atom. The number of methoxy groups -OCH3 is 2. The maximum absolute atomic E-state index is 7.36.